The molecule has 1 amide bonds. The number of amides is 1. The quantitative estimate of drug-likeness (QED) is 0.662. The highest BCUT2D eigenvalue weighted by Gasteiger charge is 2.19. The van der Waals surface area contributed by atoms with Gasteiger partial charge in [0.25, 0.3) is 5.91 Å². The van der Waals surface area contributed by atoms with E-state index < -0.39 is 5.82 Å². The van der Waals surface area contributed by atoms with Gasteiger partial charge in [0, 0.05) is 16.1 Å². The van der Waals surface area contributed by atoms with E-state index in [1.54, 1.807) is 6.07 Å². The lowest BCUT2D eigenvalue weighted by molar-refractivity contribution is -0.676. The zero-order valence-corrected chi connectivity index (χ0v) is 15.7. The van der Waals surface area contributed by atoms with Gasteiger partial charge in [0.15, 0.2) is 6.54 Å². The molecule has 1 atom stereocenters. The number of rotatable bonds is 6. The van der Waals surface area contributed by atoms with Crippen LogP contribution in [0, 0.1) is 12.7 Å². The van der Waals surface area contributed by atoms with Gasteiger partial charge in [0.2, 0.25) is 0 Å². The second-order valence-electron chi connectivity index (χ2n) is 6.41. The fraction of sp³-hybridized carbons (Fsp3) is 0.136. The van der Waals surface area contributed by atoms with Crippen molar-refractivity contribution in [2.24, 2.45) is 0 Å². The topological polar surface area (TPSA) is 45.7 Å². The van der Waals surface area contributed by atoms with E-state index in [0.717, 1.165) is 11.1 Å². The predicted octanol–water partition coefficient (Wildman–Crippen LogP) is 4.08. The standard InChI is InChI=1S/C22H20ClFN2O/c1-15-7-9-17(10-8-15)22(16-5-3-2-4-6-16)25-14-21(27)26-20-12-11-18(23)13-19(20)24/h2-13,22,25H,14H2,1H3,(H,26,27)/p+1/t22-/m1/s1. The van der Waals surface area contributed by atoms with E-state index >= 15 is 0 Å². The zero-order chi connectivity index (χ0) is 19.2. The van der Waals surface area contributed by atoms with Gasteiger partial charge in [-0.05, 0) is 25.1 Å². The van der Waals surface area contributed by atoms with Crippen molar-refractivity contribution in [1.29, 1.82) is 0 Å². The van der Waals surface area contributed by atoms with Crippen LogP contribution < -0.4 is 10.6 Å². The molecule has 0 heterocycles. The smallest absolute Gasteiger partial charge is 0.279 e. The van der Waals surface area contributed by atoms with Crippen LogP contribution in [0.4, 0.5) is 10.1 Å². The number of carbonyl (C=O) groups is 1. The maximum absolute atomic E-state index is 13.9. The fourth-order valence-corrected chi connectivity index (χ4v) is 3.07. The Labute approximate surface area is 163 Å². The first-order valence-corrected chi connectivity index (χ1v) is 9.10. The molecule has 0 aromatic heterocycles. The van der Waals surface area contributed by atoms with Crippen LogP contribution in [0.2, 0.25) is 5.02 Å². The molecule has 0 aliphatic rings. The second kappa shape index (κ2) is 8.80. The Hall–Kier alpha value is -2.69. The molecule has 138 valence electrons. The maximum atomic E-state index is 13.9. The summed E-state index contributed by atoms with van der Waals surface area (Å²) < 4.78 is 13.9. The number of quaternary nitrogens is 1. The molecule has 0 radical (unpaired) electrons. The minimum atomic E-state index is -0.547. The summed E-state index contributed by atoms with van der Waals surface area (Å²) in [7, 11) is 0. The number of hydrogen-bond donors (Lipinski definition) is 2. The molecule has 0 saturated heterocycles. The van der Waals surface area contributed by atoms with Crippen molar-refractivity contribution in [2.75, 3.05) is 11.9 Å². The van der Waals surface area contributed by atoms with Crippen LogP contribution in [0.3, 0.4) is 0 Å². The summed E-state index contributed by atoms with van der Waals surface area (Å²) in [5.74, 6) is -0.821. The van der Waals surface area contributed by atoms with Crippen molar-refractivity contribution in [2.45, 2.75) is 13.0 Å². The number of nitrogens with two attached hydrogens (primary N) is 1. The first-order valence-electron chi connectivity index (χ1n) is 8.72. The van der Waals surface area contributed by atoms with Crippen molar-refractivity contribution in [3.63, 3.8) is 0 Å². The number of anilines is 1. The molecular weight excluding hydrogens is 363 g/mol. The highest BCUT2D eigenvalue weighted by molar-refractivity contribution is 6.30. The molecule has 0 unspecified atom stereocenters. The lowest BCUT2D eigenvalue weighted by Crippen LogP contribution is -2.87. The van der Waals surface area contributed by atoms with Gasteiger partial charge in [-0.1, -0.05) is 71.8 Å². The number of carbonyl (C=O) groups excluding carboxylic acids is 1. The van der Waals surface area contributed by atoms with Gasteiger partial charge in [-0.15, -0.1) is 0 Å². The maximum Gasteiger partial charge on any atom is 0.279 e. The van der Waals surface area contributed by atoms with Gasteiger partial charge in [0.1, 0.15) is 11.9 Å². The third-order valence-corrected chi connectivity index (χ3v) is 4.57. The lowest BCUT2D eigenvalue weighted by Gasteiger charge is -2.17. The van der Waals surface area contributed by atoms with E-state index in [9.17, 15) is 9.18 Å². The largest absolute Gasteiger partial charge is 0.328 e. The number of benzene rings is 3. The van der Waals surface area contributed by atoms with Crippen LogP contribution in [0.15, 0.2) is 72.8 Å². The van der Waals surface area contributed by atoms with Gasteiger partial charge in [-0.2, -0.15) is 0 Å². The Morgan fingerprint density at radius 2 is 1.70 bits per heavy atom. The average Bonchev–Trinajstić information content (AvgIpc) is 2.66. The van der Waals surface area contributed by atoms with Gasteiger partial charge in [-0.25, -0.2) is 4.39 Å². The van der Waals surface area contributed by atoms with Crippen molar-refractivity contribution >= 4 is 23.2 Å². The van der Waals surface area contributed by atoms with Crippen molar-refractivity contribution in [3.8, 4) is 0 Å². The van der Waals surface area contributed by atoms with Crippen molar-refractivity contribution in [1.82, 2.24) is 0 Å². The first-order chi connectivity index (χ1) is 13.0. The molecule has 0 aliphatic heterocycles. The van der Waals surface area contributed by atoms with Crippen LogP contribution in [0.25, 0.3) is 0 Å². The second-order valence-corrected chi connectivity index (χ2v) is 6.85. The molecular formula is C22H21ClFN2O+. The molecule has 0 fully saturated rings. The summed E-state index contributed by atoms with van der Waals surface area (Å²) in [5.41, 5.74) is 3.52. The Balaban J connectivity index is 1.72. The van der Waals surface area contributed by atoms with Gasteiger partial charge < -0.3 is 10.6 Å². The summed E-state index contributed by atoms with van der Waals surface area (Å²) in [5, 5.41) is 4.84. The van der Waals surface area contributed by atoms with Crippen LogP contribution in [0.5, 0.6) is 0 Å². The predicted molar refractivity (Wildman–Crippen MR) is 106 cm³/mol. The van der Waals surface area contributed by atoms with Crippen molar-refractivity contribution < 1.29 is 14.5 Å². The fourth-order valence-electron chi connectivity index (χ4n) is 2.92. The van der Waals surface area contributed by atoms with E-state index in [1.807, 2.05) is 42.6 Å². The number of nitrogens with one attached hydrogen (secondary N) is 1. The molecule has 3 aromatic carbocycles. The van der Waals surface area contributed by atoms with Gasteiger partial charge >= 0.3 is 0 Å². The van der Waals surface area contributed by atoms with E-state index in [0.29, 0.717) is 5.02 Å². The van der Waals surface area contributed by atoms with Gasteiger partial charge in [0.05, 0.1) is 5.69 Å². The minimum Gasteiger partial charge on any atom is -0.328 e. The Morgan fingerprint density at radius 3 is 2.37 bits per heavy atom. The first kappa shape index (κ1) is 19.1. The summed E-state index contributed by atoms with van der Waals surface area (Å²) in [4.78, 5) is 12.3. The summed E-state index contributed by atoms with van der Waals surface area (Å²) in [6.07, 6.45) is 0. The molecule has 3 rings (SSSR count). The summed E-state index contributed by atoms with van der Waals surface area (Å²) in [6, 6.07) is 22.4. The Kier molecular flexibility index (Phi) is 6.22. The SMILES string of the molecule is Cc1ccc([C@H]([NH2+]CC(=O)Nc2ccc(Cl)cc2F)c2ccccc2)cc1. The van der Waals surface area contributed by atoms with Crippen LogP contribution in [-0.2, 0) is 4.79 Å². The molecule has 3 nitrogen and oxygen atoms in total. The molecule has 0 aliphatic carbocycles. The molecule has 27 heavy (non-hydrogen) atoms. The van der Waals surface area contributed by atoms with Gasteiger partial charge in [-0.3, -0.25) is 4.79 Å². The third-order valence-electron chi connectivity index (χ3n) is 4.34. The number of hydrogen-bond acceptors (Lipinski definition) is 1. The molecule has 0 spiro atoms. The molecule has 0 saturated carbocycles. The number of aryl methyl sites for hydroxylation is 1. The van der Waals surface area contributed by atoms with Crippen molar-refractivity contribution in [3.05, 3.63) is 100 Å². The normalized spacial score (nSPS) is 11.8. The molecule has 3 aromatic rings. The summed E-state index contributed by atoms with van der Waals surface area (Å²) in [6.45, 7) is 2.20. The van der Waals surface area contributed by atoms with Crippen LogP contribution in [-0.4, -0.2) is 12.5 Å². The zero-order valence-electron chi connectivity index (χ0n) is 15.0. The lowest BCUT2D eigenvalue weighted by atomic mass is 9.98. The van der Waals surface area contributed by atoms with Crippen LogP contribution >= 0.6 is 11.6 Å². The number of halogens is 2. The van der Waals surface area contributed by atoms with E-state index in [4.69, 9.17) is 11.6 Å². The summed E-state index contributed by atoms with van der Waals surface area (Å²) >= 11 is 5.74. The highest BCUT2D eigenvalue weighted by Crippen LogP contribution is 2.20. The van der Waals surface area contributed by atoms with Crippen LogP contribution in [0.1, 0.15) is 22.7 Å². The highest BCUT2D eigenvalue weighted by atomic mass is 35.5. The van der Waals surface area contributed by atoms with E-state index in [-0.39, 0.29) is 24.2 Å². The van der Waals surface area contributed by atoms with E-state index in [1.165, 1.54) is 17.7 Å². The molecule has 0 bridgehead atoms. The molecule has 3 N–H and O–H groups in total. The van der Waals surface area contributed by atoms with E-state index in [2.05, 4.69) is 29.6 Å². The minimum absolute atomic E-state index is 0.0207. The Bertz CT molecular complexity index is 913. The Morgan fingerprint density at radius 1 is 1.04 bits per heavy atom. The third kappa shape index (κ3) is 5.16. The average molecular weight is 384 g/mol. The monoisotopic (exact) mass is 383 g/mol. The molecule has 5 heteroatoms.